The van der Waals surface area contributed by atoms with Crippen LogP contribution < -0.4 is 5.32 Å². The monoisotopic (exact) mass is 340 g/mol. The standard InChI is InChI=1S/C10H10Cl2N2OS3/c11-7-5-6(8(12)18-7)9(15)13-10(16)14-1-3-17-4-2-14/h5H,1-4H2,(H,13,15,16). The van der Waals surface area contributed by atoms with Crippen molar-refractivity contribution in [2.75, 3.05) is 24.6 Å². The first-order chi connectivity index (χ1) is 8.58. The molecule has 8 heteroatoms. The van der Waals surface area contributed by atoms with E-state index in [1.807, 2.05) is 16.7 Å². The third-order valence-electron chi connectivity index (χ3n) is 2.42. The van der Waals surface area contributed by atoms with Crippen molar-refractivity contribution in [1.29, 1.82) is 0 Å². The molecule has 0 aromatic carbocycles. The molecule has 0 unspecified atom stereocenters. The van der Waals surface area contributed by atoms with Gasteiger partial charge in [-0.05, 0) is 18.3 Å². The predicted molar refractivity (Wildman–Crippen MR) is 83.3 cm³/mol. The molecule has 1 aliphatic rings. The summed E-state index contributed by atoms with van der Waals surface area (Å²) in [5, 5.41) is 3.15. The zero-order valence-electron chi connectivity index (χ0n) is 9.24. The molecular formula is C10H10Cl2N2OS3. The minimum atomic E-state index is -0.300. The maximum Gasteiger partial charge on any atom is 0.259 e. The number of thioether (sulfide) groups is 1. The Morgan fingerprint density at radius 3 is 2.61 bits per heavy atom. The molecule has 0 spiro atoms. The Bertz CT molecular complexity index is 472. The van der Waals surface area contributed by atoms with Gasteiger partial charge in [-0.1, -0.05) is 23.2 Å². The van der Waals surface area contributed by atoms with Crippen LogP contribution in [0.4, 0.5) is 0 Å². The summed E-state index contributed by atoms with van der Waals surface area (Å²) >= 11 is 20.0. The van der Waals surface area contributed by atoms with E-state index in [1.165, 1.54) is 11.3 Å². The van der Waals surface area contributed by atoms with E-state index in [0.29, 0.717) is 19.3 Å². The molecule has 1 saturated heterocycles. The van der Waals surface area contributed by atoms with Crippen molar-refractivity contribution in [2.24, 2.45) is 0 Å². The molecule has 1 aromatic rings. The van der Waals surface area contributed by atoms with Gasteiger partial charge in [0.2, 0.25) is 0 Å². The van der Waals surface area contributed by atoms with Crippen LogP contribution in [-0.4, -0.2) is 40.5 Å². The van der Waals surface area contributed by atoms with Crippen molar-refractivity contribution in [3.8, 4) is 0 Å². The van der Waals surface area contributed by atoms with Crippen LogP contribution >= 0.6 is 58.5 Å². The van der Waals surface area contributed by atoms with Gasteiger partial charge in [-0.25, -0.2) is 0 Å². The summed E-state index contributed by atoms with van der Waals surface area (Å²) in [6.45, 7) is 1.73. The van der Waals surface area contributed by atoms with Crippen molar-refractivity contribution in [3.05, 3.63) is 20.3 Å². The highest BCUT2D eigenvalue weighted by Gasteiger charge is 2.19. The van der Waals surface area contributed by atoms with Gasteiger partial charge in [0.15, 0.2) is 5.11 Å². The van der Waals surface area contributed by atoms with Gasteiger partial charge < -0.3 is 4.90 Å². The van der Waals surface area contributed by atoms with Gasteiger partial charge in [0.1, 0.15) is 4.34 Å². The Labute approximate surface area is 129 Å². The molecule has 0 atom stereocenters. The first-order valence-corrected chi connectivity index (χ1v) is 8.34. The van der Waals surface area contributed by atoms with Crippen LogP contribution in [0.1, 0.15) is 10.4 Å². The topological polar surface area (TPSA) is 32.3 Å². The van der Waals surface area contributed by atoms with Crippen LogP contribution in [0.2, 0.25) is 8.67 Å². The third-order valence-corrected chi connectivity index (χ3v) is 5.21. The Hall–Kier alpha value is -0.0100. The molecule has 1 aliphatic heterocycles. The zero-order chi connectivity index (χ0) is 13.1. The van der Waals surface area contributed by atoms with Gasteiger partial charge in [0.25, 0.3) is 5.91 Å². The van der Waals surface area contributed by atoms with E-state index < -0.39 is 0 Å². The van der Waals surface area contributed by atoms with E-state index in [4.69, 9.17) is 35.4 Å². The Morgan fingerprint density at radius 2 is 2.06 bits per heavy atom. The SMILES string of the molecule is O=C(NC(=S)N1CCSCC1)c1cc(Cl)sc1Cl. The van der Waals surface area contributed by atoms with Crippen LogP contribution in [0.5, 0.6) is 0 Å². The van der Waals surface area contributed by atoms with Crippen LogP contribution in [0.25, 0.3) is 0 Å². The summed E-state index contributed by atoms with van der Waals surface area (Å²) in [6.07, 6.45) is 0. The molecule has 0 saturated carbocycles. The number of carbonyl (C=O) groups is 1. The van der Waals surface area contributed by atoms with Gasteiger partial charge in [-0.2, -0.15) is 11.8 Å². The molecule has 1 aromatic heterocycles. The lowest BCUT2D eigenvalue weighted by atomic mass is 10.3. The largest absolute Gasteiger partial charge is 0.347 e. The van der Waals surface area contributed by atoms with Crippen LogP contribution in [0, 0.1) is 0 Å². The van der Waals surface area contributed by atoms with E-state index >= 15 is 0 Å². The van der Waals surface area contributed by atoms with Crippen molar-refractivity contribution in [2.45, 2.75) is 0 Å². The lowest BCUT2D eigenvalue weighted by Crippen LogP contribution is -2.46. The Morgan fingerprint density at radius 1 is 1.39 bits per heavy atom. The number of nitrogens with zero attached hydrogens (tertiary/aromatic N) is 1. The van der Waals surface area contributed by atoms with E-state index in [2.05, 4.69) is 5.32 Å². The first-order valence-electron chi connectivity index (χ1n) is 5.21. The summed E-state index contributed by atoms with van der Waals surface area (Å²) in [5.41, 5.74) is 0.375. The second-order valence-corrected chi connectivity index (χ2v) is 7.49. The molecular weight excluding hydrogens is 331 g/mol. The zero-order valence-corrected chi connectivity index (χ0v) is 13.2. The number of thiophene rings is 1. The fourth-order valence-electron chi connectivity index (χ4n) is 1.51. The number of amides is 1. The van der Waals surface area contributed by atoms with Gasteiger partial charge in [0, 0.05) is 24.6 Å². The molecule has 18 heavy (non-hydrogen) atoms. The fourth-order valence-corrected chi connectivity index (χ4v) is 4.14. The van der Waals surface area contributed by atoms with E-state index in [0.717, 1.165) is 24.6 Å². The van der Waals surface area contributed by atoms with E-state index in [1.54, 1.807) is 6.07 Å². The maximum absolute atomic E-state index is 12.0. The van der Waals surface area contributed by atoms with E-state index in [9.17, 15) is 4.79 Å². The number of hydrogen-bond donors (Lipinski definition) is 1. The molecule has 1 amide bonds. The Balaban J connectivity index is 1.98. The highest BCUT2D eigenvalue weighted by molar-refractivity contribution is 7.99. The van der Waals surface area contributed by atoms with Crippen LogP contribution in [-0.2, 0) is 0 Å². The minimum absolute atomic E-state index is 0.300. The van der Waals surface area contributed by atoms with Crippen molar-refractivity contribution in [1.82, 2.24) is 10.2 Å². The summed E-state index contributed by atoms with van der Waals surface area (Å²) in [7, 11) is 0. The lowest BCUT2D eigenvalue weighted by Gasteiger charge is -2.28. The summed E-state index contributed by atoms with van der Waals surface area (Å²) in [5.74, 6) is 1.76. The molecule has 1 N–H and O–H groups in total. The van der Waals surface area contributed by atoms with Gasteiger partial charge >= 0.3 is 0 Å². The van der Waals surface area contributed by atoms with Crippen molar-refractivity contribution in [3.63, 3.8) is 0 Å². The van der Waals surface area contributed by atoms with Crippen LogP contribution in [0.3, 0.4) is 0 Å². The summed E-state index contributed by atoms with van der Waals surface area (Å²) < 4.78 is 0.875. The van der Waals surface area contributed by atoms with Gasteiger partial charge in [0.05, 0.1) is 9.90 Å². The van der Waals surface area contributed by atoms with Crippen LogP contribution in [0.15, 0.2) is 6.07 Å². The highest BCUT2D eigenvalue weighted by atomic mass is 35.5. The number of thiocarbonyl (C=S) groups is 1. The molecule has 2 rings (SSSR count). The second-order valence-electron chi connectivity index (χ2n) is 3.60. The van der Waals surface area contributed by atoms with Gasteiger partial charge in [-0.3, -0.25) is 10.1 Å². The summed E-state index contributed by atoms with van der Waals surface area (Å²) in [4.78, 5) is 14.0. The van der Waals surface area contributed by atoms with Crippen molar-refractivity contribution >= 4 is 69.5 Å². The average molecular weight is 341 g/mol. The normalized spacial score (nSPS) is 15.6. The number of nitrogens with one attached hydrogen (secondary N) is 1. The minimum Gasteiger partial charge on any atom is -0.347 e. The highest BCUT2D eigenvalue weighted by Crippen LogP contribution is 2.30. The first kappa shape index (κ1) is 14.4. The van der Waals surface area contributed by atoms with Gasteiger partial charge in [-0.15, -0.1) is 11.3 Å². The number of hydrogen-bond acceptors (Lipinski definition) is 4. The number of rotatable bonds is 1. The smallest absolute Gasteiger partial charge is 0.259 e. The molecule has 1 fully saturated rings. The predicted octanol–water partition coefficient (Wildman–Crippen LogP) is 3.12. The Kier molecular flexibility index (Phi) is 5.14. The summed E-state index contributed by atoms with van der Waals surface area (Å²) in [6, 6.07) is 1.55. The second kappa shape index (κ2) is 6.43. The third kappa shape index (κ3) is 3.51. The van der Waals surface area contributed by atoms with E-state index in [-0.39, 0.29) is 5.91 Å². The average Bonchev–Trinajstić information content (AvgIpc) is 2.69. The quantitative estimate of drug-likeness (QED) is 0.796. The molecule has 98 valence electrons. The van der Waals surface area contributed by atoms with Crippen molar-refractivity contribution < 1.29 is 4.79 Å². The molecule has 0 aliphatic carbocycles. The number of halogens is 2. The number of carbonyl (C=O) groups excluding carboxylic acids is 1. The maximum atomic E-state index is 12.0. The molecule has 0 radical (unpaired) electrons. The molecule has 0 bridgehead atoms. The lowest BCUT2D eigenvalue weighted by molar-refractivity contribution is 0.0974. The fraction of sp³-hybridized carbons (Fsp3) is 0.400. The molecule has 3 nitrogen and oxygen atoms in total. The molecule has 2 heterocycles.